The highest BCUT2D eigenvalue weighted by molar-refractivity contribution is 5.76. The van der Waals surface area contributed by atoms with Gasteiger partial charge < -0.3 is 9.80 Å². The number of hydrogen-bond donors (Lipinski definition) is 0. The normalized spacial score (nSPS) is 14.7. The fraction of sp³-hybridized carbons (Fsp3) is 0.421. The third kappa shape index (κ3) is 4.31. The molecule has 0 radical (unpaired) electrons. The summed E-state index contributed by atoms with van der Waals surface area (Å²) < 4.78 is 0. The zero-order chi connectivity index (χ0) is 16.8. The van der Waals surface area contributed by atoms with Crippen LogP contribution in [0.4, 0.5) is 5.82 Å². The topological polar surface area (TPSA) is 49.3 Å². The fourth-order valence-electron chi connectivity index (χ4n) is 3.03. The van der Waals surface area contributed by atoms with Gasteiger partial charge in [0.05, 0.1) is 11.9 Å². The van der Waals surface area contributed by atoms with Crippen LogP contribution in [0.5, 0.6) is 0 Å². The molecule has 126 valence electrons. The van der Waals surface area contributed by atoms with E-state index in [-0.39, 0.29) is 5.91 Å². The number of amides is 1. The molecule has 0 saturated carbocycles. The second-order valence-electron chi connectivity index (χ2n) is 6.23. The average molecular weight is 324 g/mol. The molecule has 0 N–H and O–H groups in total. The van der Waals surface area contributed by atoms with Gasteiger partial charge in [0.25, 0.3) is 0 Å². The van der Waals surface area contributed by atoms with Gasteiger partial charge in [-0.3, -0.25) is 9.78 Å². The van der Waals surface area contributed by atoms with Crippen molar-refractivity contribution in [3.05, 3.63) is 54.0 Å². The van der Waals surface area contributed by atoms with Crippen LogP contribution in [0.25, 0.3) is 0 Å². The Balaban J connectivity index is 1.43. The van der Waals surface area contributed by atoms with Crippen LogP contribution in [0.1, 0.15) is 24.1 Å². The van der Waals surface area contributed by atoms with Crippen LogP contribution >= 0.6 is 0 Å². The predicted molar refractivity (Wildman–Crippen MR) is 94.9 cm³/mol. The van der Waals surface area contributed by atoms with Gasteiger partial charge in [-0.25, -0.2) is 4.98 Å². The Labute approximate surface area is 143 Å². The molecule has 1 aliphatic rings. The van der Waals surface area contributed by atoms with Gasteiger partial charge in [0.15, 0.2) is 0 Å². The first-order valence-electron chi connectivity index (χ1n) is 8.58. The average Bonchev–Trinajstić information content (AvgIpc) is 2.63. The fourth-order valence-corrected chi connectivity index (χ4v) is 3.03. The maximum atomic E-state index is 12.4. The summed E-state index contributed by atoms with van der Waals surface area (Å²) in [4.78, 5) is 25.3. The second kappa shape index (κ2) is 7.90. The highest BCUT2D eigenvalue weighted by atomic mass is 16.2. The Morgan fingerprint density at radius 1 is 1.08 bits per heavy atom. The van der Waals surface area contributed by atoms with Crippen LogP contribution in [0.2, 0.25) is 0 Å². The van der Waals surface area contributed by atoms with E-state index in [1.165, 1.54) is 5.56 Å². The molecule has 0 atom stereocenters. The first kappa shape index (κ1) is 16.4. The molecule has 0 unspecified atom stereocenters. The van der Waals surface area contributed by atoms with E-state index in [1.807, 2.05) is 30.0 Å². The van der Waals surface area contributed by atoms with Crippen molar-refractivity contribution >= 4 is 11.7 Å². The minimum atomic E-state index is 0.265. The lowest BCUT2D eigenvalue weighted by molar-refractivity contribution is -0.131. The van der Waals surface area contributed by atoms with E-state index in [0.29, 0.717) is 6.42 Å². The molecule has 2 aromatic rings. The van der Waals surface area contributed by atoms with Crippen molar-refractivity contribution in [2.45, 2.75) is 26.2 Å². The molecular weight excluding hydrogens is 300 g/mol. The molecule has 0 spiro atoms. The summed E-state index contributed by atoms with van der Waals surface area (Å²) in [6.07, 6.45) is 6.05. The van der Waals surface area contributed by atoms with Gasteiger partial charge in [-0.15, -0.1) is 0 Å². The van der Waals surface area contributed by atoms with Crippen molar-refractivity contribution in [2.24, 2.45) is 0 Å². The largest absolute Gasteiger partial charge is 0.352 e. The predicted octanol–water partition coefficient (Wildman–Crippen LogP) is 2.46. The van der Waals surface area contributed by atoms with Crippen LogP contribution in [0, 0.1) is 6.92 Å². The van der Waals surface area contributed by atoms with Crippen molar-refractivity contribution in [1.29, 1.82) is 0 Å². The van der Waals surface area contributed by atoms with Gasteiger partial charge in [0.2, 0.25) is 5.91 Å². The summed E-state index contributed by atoms with van der Waals surface area (Å²) in [5, 5.41) is 0. The standard InChI is InChI=1S/C19H24N4O/c1-16-14-20-15-18(21-16)22-10-12-23(13-11-22)19(24)9-5-8-17-6-3-2-4-7-17/h2-4,6-7,14-15H,5,8-13H2,1H3. The van der Waals surface area contributed by atoms with Crippen LogP contribution in [-0.2, 0) is 11.2 Å². The molecule has 5 nitrogen and oxygen atoms in total. The molecule has 1 fully saturated rings. The Morgan fingerprint density at radius 3 is 2.54 bits per heavy atom. The lowest BCUT2D eigenvalue weighted by Gasteiger charge is -2.35. The minimum absolute atomic E-state index is 0.265. The first-order chi connectivity index (χ1) is 11.7. The summed E-state index contributed by atoms with van der Waals surface area (Å²) >= 11 is 0. The third-order valence-electron chi connectivity index (χ3n) is 4.40. The SMILES string of the molecule is Cc1cncc(N2CCN(C(=O)CCCc3ccccc3)CC2)n1. The van der Waals surface area contributed by atoms with Crippen molar-refractivity contribution in [2.75, 3.05) is 31.1 Å². The van der Waals surface area contributed by atoms with Gasteiger partial charge in [-0.2, -0.15) is 0 Å². The quantitative estimate of drug-likeness (QED) is 0.848. The van der Waals surface area contributed by atoms with Crippen LogP contribution in [0.3, 0.4) is 0 Å². The van der Waals surface area contributed by atoms with E-state index in [9.17, 15) is 4.79 Å². The summed E-state index contributed by atoms with van der Waals surface area (Å²) in [5.74, 6) is 1.17. The zero-order valence-corrected chi connectivity index (χ0v) is 14.2. The van der Waals surface area contributed by atoms with E-state index in [2.05, 4.69) is 27.0 Å². The highest BCUT2D eigenvalue weighted by Crippen LogP contribution is 2.14. The van der Waals surface area contributed by atoms with Crippen LogP contribution < -0.4 is 4.90 Å². The van der Waals surface area contributed by atoms with Gasteiger partial charge >= 0.3 is 0 Å². The molecule has 0 aliphatic carbocycles. The Kier molecular flexibility index (Phi) is 5.41. The summed E-state index contributed by atoms with van der Waals surface area (Å²) in [7, 11) is 0. The molecule has 3 rings (SSSR count). The van der Waals surface area contributed by atoms with Crippen LogP contribution in [0.15, 0.2) is 42.7 Å². The number of piperazine rings is 1. The minimum Gasteiger partial charge on any atom is -0.352 e. The van der Waals surface area contributed by atoms with E-state index < -0.39 is 0 Å². The monoisotopic (exact) mass is 324 g/mol. The number of rotatable bonds is 5. The molecule has 24 heavy (non-hydrogen) atoms. The number of nitrogens with zero attached hydrogens (tertiary/aromatic N) is 4. The first-order valence-corrected chi connectivity index (χ1v) is 8.58. The van der Waals surface area contributed by atoms with Crippen molar-refractivity contribution in [1.82, 2.24) is 14.9 Å². The molecule has 1 saturated heterocycles. The summed E-state index contributed by atoms with van der Waals surface area (Å²) in [6, 6.07) is 10.3. The lowest BCUT2D eigenvalue weighted by atomic mass is 10.1. The van der Waals surface area contributed by atoms with E-state index in [4.69, 9.17) is 0 Å². The number of benzene rings is 1. The second-order valence-corrected chi connectivity index (χ2v) is 6.23. The van der Waals surface area contributed by atoms with Gasteiger partial charge in [-0.05, 0) is 25.3 Å². The molecular formula is C19H24N4O. The van der Waals surface area contributed by atoms with Crippen LogP contribution in [-0.4, -0.2) is 47.0 Å². The highest BCUT2D eigenvalue weighted by Gasteiger charge is 2.21. The van der Waals surface area contributed by atoms with Gasteiger partial charge in [0, 0.05) is 38.8 Å². The number of carbonyl (C=O) groups is 1. The van der Waals surface area contributed by atoms with Gasteiger partial charge in [-0.1, -0.05) is 30.3 Å². The molecule has 1 aromatic carbocycles. The number of anilines is 1. The Morgan fingerprint density at radius 2 is 1.83 bits per heavy atom. The molecule has 1 amide bonds. The van der Waals surface area contributed by atoms with Gasteiger partial charge in [0.1, 0.15) is 5.82 Å². The summed E-state index contributed by atoms with van der Waals surface area (Å²) in [5.41, 5.74) is 2.22. The van der Waals surface area contributed by atoms with Crippen molar-refractivity contribution < 1.29 is 4.79 Å². The van der Waals surface area contributed by atoms with Crippen molar-refractivity contribution in [3.8, 4) is 0 Å². The molecule has 0 bridgehead atoms. The zero-order valence-electron chi connectivity index (χ0n) is 14.2. The Bertz CT molecular complexity index is 666. The third-order valence-corrected chi connectivity index (χ3v) is 4.40. The summed E-state index contributed by atoms with van der Waals surface area (Å²) in [6.45, 7) is 5.12. The Hall–Kier alpha value is -2.43. The number of aryl methyl sites for hydroxylation is 2. The van der Waals surface area contributed by atoms with E-state index >= 15 is 0 Å². The van der Waals surface area contributed by atoms with E-state index in [1.54, 1.807) is 12.4 Å². The number of aromatic nitrogens is 2. The number of hydrogen-bond acceptors (Lipinski definition) is 4. The van der Waals surface area contributed by atoms with E-state index in [0.717, 1.165) is 50.5 Å². The molecule has 1 aliphatic heterocycles. The number of carbonyl (C=O) groups excluding carboxylic acids is 1. The van der Waals surface area contributed by atoms with Crippen molar-refractivity contribution in [3.63, 3.8) is 0 Å². The lowest BCUT2D eigenvalue weighted by Crippen LogP contribution is -2.49. The molecule has 5 heteroatoms. The maximum absolute atomic E-state index is 12.4. The maximum Gasteiger partial charge on any atom is 0.222 e. The smallest absolute Gasteiger partial charge is 0.222 e. The molecule has 2 heterocycles. The molecule has 1 aromatic heterocycles.